The largest absolute Gasteiger partial charge is 0.396 e. The molecular weight excluding hydrogens is 336 g/mol. The fourth-order valence-corrected chi connectivity index (χ4v) is 4.14. The Morgan fingerprint density at radius 3 is 2.40 bits per heavy atom. The highest BCUT2D eigenvalue weighted by atomic mass is 35.5. The number of nitrogens with zero attached hydrogens (tertiary/aromatic N) is 4. The van der Waals surface area contributed by atoms with E-state index >= 15 is 0 Å². The third kappa shape index (κ3) is 3.27. The third-order valence-electron chi connectivity index (χ3n) is 5.79. The Kier molecular flexibility index (Phi) is 5.35. The topological polar surface area (TPSA) is 54.2 Å². The smallest absolute Gasteiger partial charge is 0.226 e. The van der Waals surface area contributed by atoms with E-state index in [1.807, 2.05) is 0 Å². The van der Waals surface area contributed by atoms with Crippen LogP contribution in [0.15, 0.2) is 30.3 Å². The van der Waals surface area contributed by atoms with E-state index in [1.165, 1.54) is 5.56 Å². The van der Waals surface area contributed by atoms with Gasteiger partial charge in [-0.2, -0.15) is 0 Å². The molecule has 0 amide bonds. The van der Waals surface area contributed by atoms with Crippen molar-refractivity contribution in [2.24, 2.45) is 13.0 Å². The first kappa shape index (κ1) is 18.2. The van der Waals surface area contributed by atoms with Crippen LogP contribution < -0.4 is 4.90 Å². The zero-order chi connectivity index (χ0) is 16.6. The Morgan fingerprint density at radius 2 is 1.80 bits per heavy atom. The molecule has 136 valence electrons. The average Bonchev–Trinajstić information content (AvgIpc) is 3.34. The number of hydrogen-bond acceptors (Lipinski definition) is 4. The Bertz CT molecular complexity index is 691. The molecule has 2 fully saturated rings. The fraction of sp³-hybridized carbons (Fsp3) is 0.579. The van der Waals surface area contributed by atoms with Crippen molar-refractivity contribution in [1.29, 1.82) is 0 Å². The summed E-state index contributed by atoms with van der Waals surface area (Å²) in [5.74, 6) is 2.74. The van der Waals surface area contributed by atoms with Crippen molar-refractivity contribution in [2.75, 3.05) is 24.6 Å². The summed E-state index contributed by atoms with van der Waals surface area (Å²) in [6, 6.07) is 10.7. The van der Waals surface area contributed by atoms with Crippen LogP contribution in [0, 0.1) is 5.92 Å². The van der Waals surface area contributed by atoms with Crippen molar-refractivity contribution < 1.29 is 5.11 Å². The van der Waals surface area contributed by atoms with Gasteiger partial charge in [0.25, 0.3) is 0 Å². The SMILES string of the molecule is Cl.Cn1c(N2CCC(CCO)CC2)nnc1C1(c2ccccc2)CC1. The molecule has 1 N–H and O–H groups in total. The maximum Gasteiger partial charge on any atom is 0.226 e. The van der Waals surface area contributed by atoms with E-state index in [0.717, 1.165) is 57.0 Å². The van der Waals surface area contributed by atoms with Gasteiger partial charge in [-0.3, -0.25) is 4.57 Å². The van der Waals surface area contributed by atoms with Crippen molar-refractivity contribution in [2.45, 2.75) is 37.5 Å². The lowest BCUT2D eigenvalue weighted by Gasteiger charge is -2.32. The molecule has 0 radical (unpaired) electrons. The first-order valence-corrected chi connectivity index (χ1v) is 9.06. The van der Waals surface area contributed by atoms with Gasteiger partial charge >= 0.3 is 0 Å². The molecule has 2 aliphatic rings. The van der Waals surface area contributed by atoms with E-state index < -0.39 is 0 Å². The second kappa shape index (κ2) is 7.34. The molecular formula is C19H27ClN4O. The molecule has 1 aromatic heterocycles. The number of hydrogen-bond donors (Lipinski definition) is 1. The van der Waals surface area contributed by atoms with Crippen LogP contribution in [0.5, 0.6) is 0 Å². The summed E-state index contributed by atoms with van der Waals surface area (Å²) in [6.07, 6.45) is 5.50. The van der Waals surface area contributed by atoms with Gasteiger partial charge in [0.15, 0.2) is 0 Å². The lowest BCUT2D eigenvalue weighted by Crippen LogP contribution is -2.35. The molecule has 2 heterocycles. The minimum atomic E-state index is 0. The summed E-state index contributed by atoms with van der Waals surface area (Å²) in [5.41, 5.74) is 1.42. The van der Waals surface area contributed by atoms with E-state index in [1.54, 1.807) is 0 Å². The molecule has 0 spiro atoms. The van der Waals surface area contributed by atoms with Gasteiger partial charge in [0.1, 0.15) is 5.82 Å². The van der Waals surface area contributed by atoms with Crippen LogP contribution in [0.3, 0.4) is 0 Å². The first-order chi connectivity index (χ1) is 11.7. The predicted octanol–water partition coefficient (Wildman–Crippen LogP) is 2.92. The molecule has 0 bridgehead atoms. The van der Waals surface area contributed by atoms with Crippen LogP contribution in [0.2, 0.25) is 0 Å². The van der Waals surface area contributed by atoms with E-state index in [-0.39, 0.29) is 17.8 Å². The maximum atomic E-state index is 9.11. The molecule has 1 saturated carbocycles. The van der Waals surface area contributed by atoms with E-state index in [4.69, 9.17) is 5.11 Å². The normalized spacial score (nSPS) is 19.5. The highest BCUT2D eigenvalue weighted by Gasteiger charge is 2.50. The van der Waals surface area contributed by atoms with Crippen LogP contribution in [-0.2, 0) is 12.5 Å². The Balaban J connectivity index is 0.00000182. The molecule has 0 atom stereocenters. The van der Waals surface area contributed by atoms with E-state index in [0.29, 0.717) is 12.5 Å². The minimum absolute atomic E-state index is 0. The summed E-state index contributed by atoms with van der Waals surface area (Å²) in [6.45, 7) is 2.32. The van der Waals surface area contributed by atoms with Crippen LogP contribution in [0.4, 0.5) is 5.95 Å². The van der Waals surface area contributed by atoms with Gasteiger partial charge in [-0.05, 0) is 43.6 Å². The van der Waals surface area contributed by atoms with Gasteiger partial charge in [0.05, 0.1) is 5.41 Å². The number of aliphatic hydroxyl groups excluding tert-OH is 1. The number of halogens is 1. The van der Waals surface area contributed by atoms with Crippen LogP contribution >= 0.6 is 12.4 Å². The standard InChI is InChI=1S/C19H26N4O.ClH/c1-22-17(19(10-11-19)16-5-3-2-4-6-16)20-21-18(22)23-12-7-15(8-13-23)9-14-24;/h2-6,15,24H,7-14H2,1H3;1H. The molecule has 5 nitrogen and oxygen atoms in total. The van der Waals surface area contributed by atoms with Crippen molar-refractivity contribution in [1.82, 2.24) is 14.8 Å². The number of aromatic nitrogens is 3. The van der Waals surface area contributed by atoms with Gasteiger partial charge in [0.2, 0.25) is 5.95 Å². The predicted molar refractivity (Wildman–Crippen MR) is 101 cm³/mol. The first-order valence-electron chi connectivity index (χ1n) is 9.06. The van der Waals surface area contributed by atoms with Gasteiger partial charge in [0, 0.05) is 26.7 Å². The van der Waals surface area contributed by atoms with Crippen LogP contribution in [0.25, 0.3) is 0 Å². The molecule has 1 aliphatic heterocycles. The second-order valence-electron chi connectivity index (χ2n) is 7.27. The zero-order valence-corrected chi connectivity index (χ0v) is 15.6. The monoisotopic (exact) mass is 362 g/mol. The molecule has 2 aromatic rings. The molecule has 0 unspecified atom stereocenters. The van der Waals surface area contributed by atoms with E-state index in [2.05, 4.69) is 57.0 Å². The Hall–Kier alpha value is -1.59. The summed E-state index contributed by atoms with van der Waals surface area (Å²) in [7, 11) is 2.10. The minimum Gasteiger partial charge on any atom is -0.396 e. The zero-order valence-electron chi connectivity index (χ0n) is 14.8. The van der Waals surface area contributed by atoms with Crippen molar-refractivity contribution in [3.63, 3.8) is 0 Å². The molecule has 4 rings (SSSR count). The number of rotatable bonds is 5. The maximum absolute atomic E-state index is 9.11. The highest BCUT2D eigenvalue weighted by molar-refractivity contribution is 5.85. The quantitative estimate of drug-likeness (QED) is 0.888. The Morgan fingerprint density at radius 1 is 1.12 bits per heavy atom. The number of anilines is 1. The van der Waals surface area contributed by atoms with Crippen molar-refractivity contribution >= 4 is 18.4 Å². The molecule has 25 heavy (non-hydrogen) atoms. The fourth-order valence-electron chi connectivity index (χ4n) is 4.14. The molecule has 1 aliphatic carbocycles. The highest BCUT2D eigenvalue weighted by Crippen LogP contribution is 2.52. The van der Waals surface area contributed by atoms with Crippen molar-refractivity contribution in [3.05, 3.63) is 41.7 Å². The molecule has 1 saturated heterocycles. The van der Waals surface area contributed by atoms with Crippen molar-refractivity contribution in [3.8, 4) is 0 Å². The lowest BCUT2D eigenvalue weighted by atomic mass is 9.94. The van der Waals surface area contributed by atoms with Gasteiger partial charge < -0.3 is 10.0 Å². The van der Waals surface area contributed by atoms with Crippen LogP contribution in [-0.4, -0.2) is 39.6 Å². The second-order valence-corrected chi connectivity index (χ2v) is 7.27. The van der Waals surface area contributed by atoms with Crippen LogP contribution in [0.1, 0.15) is 43.5 Å². The number of piperidine rings is 1. The number of benzene rings is 1. The molecule has 1 aromatic carbocycles. The van der Waals surface area contributed by atoms with Gasteiger partial charge in [-0.15, -0.1) is 22.6 Å². The summed E-state index contributed by atoms with van der Waals surface area (Å²) >= 11 is 0. The Labute approximate surface area is 155 Å². The van der Waals surface area contributed by atoms with Gasteiger partial charge in [-0.25, -0.2) is 0 Å². The summed E-state index contributed by atoms with van der Waals surface area (Å²) in [4.78, 5) is 2.35. The number of aliphatic hydroxyl groups is 1. The van der Waals surface area contributed by atoms with E-state index in [9.17, 15) is 0 Å². The third-order valence-corrected chi connectivity index (χ3v) is 5.79. The lowest BCUT2D eigenvalue weighted by molar-refractivity contribution is 0.240. The average molecular weight is 363 g/mol. The van der Waals surface area contributed by atoms with Gasteiger partial charge in [-0.1, -0.05) is 30.3 Å². The molecule has 6 heteroatoms. The summed E-state index contributed by atoms with van der Waals surface area (Å²) < 4.78 is 2.20. The summed E-state index contributed by atoms with van der Waals surface area (Å²) in [5, 5.41) is 18.2.